The highest BCUT2D eigenvalue weighted by molar-refractivity contribution is 7.13. The summed E-state index contributed by atoms with van der Waals surface area (Å²) in [6, 6.07) is 8.46. The van der Waals surface area contributed by atoms with Gasteiger partial charge in [-0.3, -0.25) is 14.5 Å². The molecule has 0 saturated heterocycles. The van der Waals surface area contributed by atoms with E-state index in [4.69, 9.17) is 5.11 Å². The van der Waals surface area contributed by atoms with Crippen LogP contribution in [-0.4, -0.2) is 22.8 Å². The number of carbonyl (C=O) groups is 3. The van der Waals surface area contributed by atoms with Gasteiger partial charge in [-0.2, -0.15) is 0 Å². The van der Waals surface area contributed by atoms with Gasteiger partial charge in [-0.25, -0.2) is 4.79 Å². The van der Waals surface area contributed by atoms with Crippen molar-refractivity contribution in [2.24, 2.45) is 0 Å². The van der Waals surface area contributed by atoms with E-state index in [1.807, 2.05) is 13.0 Å². The second-order valence-electron chi connectivity index (χ2n) is 4.81. The summed E-state index contributed by atoms with van der Waals surface area (Å²) in [5.41, 5.74) is 1.91. The summed E-state index contributed by atoms with van der Waals surface area (Å²) in [4.78, 5) is 37.3. The number of aryl methyl sites for hydroxylation is 1. The molecule has 5 nitrogen and oxygen atoms in total. The molecule has 0 atom stereocenters. The molecule has 6 heteroatoms. The largest absolute Gasteiger partial charge is 0.477 e. The Morgan fingerprint density at radius 2 is 2.00 bits per heavy atom. The average Bonchev–Trinajstić information content (AvgIpc) is 2.99. The van der Waals surface area contributed by atoms with E-state index in [0.29, 0.717) is 11.3 Å². The van der Waals surface area contributed by atoms with Gasteiger partial charge in [0.15, 0.2) is 0 Å². The molecule has 0 spiro atoms. The third-order valence-corrected chi connectivity index (χ3v) is 4.37. The fourth-order valence-corrected chi connectivity index (χ4v) is 3.14. The lowest BCUT2D eigenvalue weighted by molar-refractivity contribution is -0.114. The molecule has 0 unspecified atom stereocenters. The maximum absolute atomic E-state index is 12.1. The van der Waals surface area contributed by atoms with Gasteiger partial charge in [-0.05, 0) is 31.2 Å². The number of rotatable bonds is 3. The third-order valence-electron chi connectivity index (χ3n) is 3.31. The molecule has 2 heterocycles. The van der Waals surface area contributed by atoms with Crippen molar-refractivity contribution in [3.63, 3.8) is 0 Å². The quantitative estimate of drug-likeness (QED) is 0.884. The highest BCUT2D eigenvalue weighted by Crippen LogP contribution is 2.32. The number of nitrogens with zero attached hydrogens (tertiary/aromatic N) is 1. The Labute approximate surface area is 124 Å². The number of aromatic carboxylic acids is 1. The zero-order valence-electron chi connectivity index (χ0n) is 11.1. The molecule has 0 fully saturated rings. The van der Waals surface area contributed by atoms with Gasteiger partial charge in [0.05, 0.1) is 17.8 Å². The topological polar surface area (TPSA) is 74.7 Å². The maximum atomic E-state index is 12.1. The van der Waals surface area contributed by atoms with E-state index in [9.17, 15) is 14.4 Å². The molecule has 21 heavy (non-hydrogen) atoms. The van der Waals surface area contributed by atoms with E-state index in [1.165, 1.54) is 11.0 Å². The maximum Gasteiger partial charge on any atom is 0.345 e. The molecule has 0 bridgehead atoms. The van der Waals surface area contributed by atoms with E-state index in [1.54, 1.807) is 18.2 Å². The van der Waals surface area contributed by atoms with Crippen LogP contribution in [0.15, 0.2) is 30.3 Å². The molecular weight excluding hydrogens is 290 g/mol. The average molecular weight is 301 g/mol. The first-order valence-corrected chi connectivity index (χ1v) is 7.08. The van der Waals surface area contributed by atoms with Crippen molar-refractivity contribution in [2.75, 3.05) is 4.90 Å². The highest BCUT2D eigenvalue weighted by Gasteiger charge is 2.35. The van der Waals surface area contributed by atoms with Crippen LogP contribution >= 0.6 is 11.3 Å². The molecule has 0 saturated carbocycles. The van der Waals surface area contributed by atoms with Gasteiger partial charge >= 0.3 is 5.97 Å². The van der Waals surface area contributed by atoms with Crippen LogP contribution in [0.3, 0.4) is 0 Å². The van der Waals surface area contributed by atoms with Crippen molar-refractivity contribution < 1.29 is 19.5 Å². The molecule has 1 aromatic heterocycles. The molecular formula is C15H11NO4S. The lowest BCUT2D eigenvalue weighted by Crippen LogP contribution is -2.28. The zero-order chi connectivity index (χ0) is 15.1. The second kappa shape index (κ2) is 4.82. The van der Waals surface area contributed by atoms with E-state index in [2.05, 4.69) is 0 Å². The molecule has 2 aromatic rings. The van der Waals surface area contributed by atoms with Crippen LogP contribution < -0.4 is 4.90 Å². The predicted octanol–water partition coefficient (Wildman–Crippen LogP) is 2.48. The van der Waals surface area contributed by atoms with Crippen molar-refractivity contribution in [3.8, 4) is 0 Å². The van der Waals surface area contributed by atoms with Gasteiger partial charge in [-0.1, -0.05) is 11.6 Å². The predicted molar refractivity (Wildman–Crippen MR) is 78.0 cm³/mol. The summed E-state index contributed by atoms with van der Waals surface area (Å²) in [5.74, 6) is -2.07. The minimum atomic E-state index is -0.994. The molecule has 1 aromatic carbocycles. The molecule has 3 rings (SSSR count). The van der Waals surface area contributed by atoms with Crippen molar-refractivity contribution in [1.82, 2.24) is 0 Å². The number of carbonyl (C=O) groups excluding carboxylic acids is 2. The molecule has 1 aliphatic heterocycles. The van der Waals surface area contributed by atoms with Crippen LogP contribution in [-0.2, 0) is 11.3 Å². The summed E-state index contributed by atoms with van der Waals surface area (Å²) in [6.45, 7) is 2.07. The molecule has 1 N–H and O–H groups in total. The van der Waals surface area contributed by atoms with Crippen LogP contribution in [0.2, 0.25) is 0 Å². The summed E-state index contributed by atoms with van der Waals surface area (Å²) in [6.07, 6.45) is 0. The highest BCUT2D eigenvalue weighted by atomic mass is 32.1. The van der Waals surface area contributed by atoms with Crippen LogP contribution in [0.5, 0.6) is 0 Å². The summed E-state index contributed by atoms with van der Waals surface area (Å²) < 4.78 is 0. The Morgan fingerprint density at radius 1 is 1.24 bits per heavy atom. The Hall–Kier alpha value is -2.47. The van der Waals surface area contributed by atoms with Crippen molar-refractivity contribution in [3.05, 3.63) is 51.2 Å². The third kappa shape index (κ3) is 2.23. The van der Waals surface area contributed by atoms with Gasteiger partial charge in [-0.15, -0.1) is 11.3 Å². The monoisotopic (exact) mass is 301 g/mol. The molecule has 106 valence electrons. The number of fused-ring (bicyclic) bond motifs is 1. The van der Waals surface area contributed by atoms with Crippen molar-refractivity contribution >= 4 is 34.7 Å². The van der Waals surface area contributed by atoms with Gasteiger partial charge < -0.3 is 5.11 Å². The number of hydrogen-bond donors (Lipinski definition) is 1. The Balaban J connectivity index is 1.94. The van der Waals surface area contributed by atoms with E-state index in [-0.39, 0.29) is 11.4 Å². The molecule has 1 amide bonds. The standard InChI is InChI=1S/C15H11NO4S/c1-8-2-4-11-10(6-8)13(17)14(18)16(11)7-9-3-5-12(21-9)15(19)20/h2-6H,7H2,1H3,(H,19,20). The number of hydrogen-bond acceptors (Lipinski definition) is 4. The van der Waals surface area contributed by atoms with Crippen LogP contribution in [0.4, 0.5) is 5.69 Å². The number of ketones is 1. The molecule has 0 aliphatic carbocycles. The first-order valence-electron chi connectivity index (χ1n) is 6.26. The van der Waals surface area contributed by atoms with Crippen LogP contribution in [0.25, 0.3) is 0 Å². The van der Waals surface area contributed by atoms with Gasteiger partial charge in [0.1, 0.15) is 4.88 Å². The van der Waals surface area contributed by atoms with Crippen LogP contribution in [0.1, 0.15) is 30.5 Å². The minimum absolute atomic E-state index is 0.207. The van der Waals surface area contributed by atoms with Gasteiger partial charge in [0.25, 0.3) is 11.7 Å². The first-order chi connectivity index (χ1) is 9.97. The Bertz CT molecular complexity index is 778. The van der Waals surface area contributed by atoms with Crippen LogP contribution in [0, 0.1) is 6.92 Å². The van der Waals surface area contributed by atoms with Gasteiger partial charge in [0, 0.05) is 4.88 Å². The summed E-state index contributed by atoms with van der Waals surface area (Å²) in [7, 11) is 0. The number of Topliss-reactive ketones (excluding diaryl/α,β-unsaturated/α-hetero) is 1. The van der Waals surface area contributed by atoms with E-state index in [0.717, 1.165) is 21.8 Å². The van der Waals surface area contributed by atoms with Crippen molar-refractivity contribution in [1.29, 1.82) is 0 Å². The fourth-order valence-electron chi connectivity index (χ4n) is 2.30. The fraction of sp³-hybridized carbons (Fsp3) is 0.133. The van der Waals surface area contributed by atoms with Crippen molar-refractivity contribution in [2.45, 2.75) is 13.5 Å². The zero-order valence-corrected chi connectivity index (χ0v) is 11.9. The second-order valence-corrected chi connectivity index (χ2v) is 5.98. The van der Waals surface area contributed by atoms with E-state index >= 15 is 0 Å². The lowest BCUT2D eigenvalue weighted by atomic mass is 10.1. The molecule has 0 radical (unpaired) electrons. The Morgan fingerprint density at radius 3 is 2.67 bits per heavy atom. The Kier molecular flexibility index (Phi) is 3.10. The number of thiophene rings is 1. The SMILES string of the molecule is Cc1ccc2c(c1)C(=O)C(=O)N2Cc1ccc(C(=O)O)s1. The number of carboxylic acid groups (broad SMARTS) is 1. The normalized spacial score (nSPS) is 13.7. The summed E-state index contributed by atoms with van der Waals surface area (Å²) in [5, 5.41) is 8.92. The molecule has 1 aliphatic rings. The number of benzene rings is 1. The number of amides is 1. The first kappa shape index (κ1) is 13.5. The van der Waals surface area contributed by atoms with E-state index < -0.39 is 17.7 Å². The number of carboxylic acids is 1. The lowest BCUT2D eigenvalue weighted by Gasteiger charge is -2.15. The smallest absolute Gasteiger partial charge is 0.345 e. The summed E-state index contributed by atoms with van der Waals surface area (Å²) >= 11 is 1.10. The minimum Gasteiger partial charge on any atom is -0.477 e. The van der Waals surface area contributed by atoms with Gasteiger partial charge in [0.2, 0.25) is 0 Å². The number of anilines is 1.